The van der Waals surface area contributed by atoms with E-state index in [0.29, 0.717) is 13.1 Å². The fourth-order valence-corrected chi connectivity index (χ4v) is 1.87. The van der Waals surface area contributed by atoms with Crippen LogP contribution in [0.25, 0.3) is 0 Å². The summed E-state index contributed by atoms with van der Waals surface area (Å²) < 4.78 is 0. The molecule has 6 nitrogen and oxygen atoms in total. The van der Waals surface area contributed by atoms with Crippen LogP contribution in [-0.4, -0.2) is 53.0 Å². The van der Waals surface area contributed by atoms with Gasteiger partial charge in [-0.25, -0.2) is 9.97 Å². The topological polar surface area (TPSA) is 75.4 Å². The van der Waals surface area contributed by atoms with E-state index >= 15 is 0 Å². The average molecular weight is 308 g/mol. The van der Waals surface area contributed by atoms with Crippen LogP contribution in [0.4, 0.5) is 5.95 Å². The van der Waals surface area contributed by atoms with Crippen molar-refractivity contribution >= 4 is 36.7 Å². The zero-order valence-corrected chi connectivity index (χ0v) is 12.4. The van der Waals surface area contributed by atoms with Gasteiger partial charge in [0.15, 0.2) is 0 Å². The molecule has 0 bridgehead atoms. The molecule has 19 heavy (non-hydrogen) atoms. The Balaban J connectivity index is 0.00000162. The van der Waals surface area contributed by atoms with Crippen molar-refractivity contribution in [1.29, 1.82) is 0 Å². The molecule has 0 radical (unpaired) electrons. The summed E-state index contributed by atoms with van der Waals surface area (Å²) in [5, 5.41) is 0. The number of anilines is 1. The van der Waals surface area contributed by atoms with Gasteiger partial charge < -0.3 is 15.5 Å². The maximum absolute atomic E-state index is 11.7. The van der Waals surface area contributed by atoms with E-state index in [2.05, 4.69) is 14.9 Å². The van der Waals surface area contributed by atoms with Gasteiger partial charge in [0, 0.05) is 38.6 Å². The molecule has 1 aliphatic heterocycles. The van der Waals surface area contributed by atoms with Crippen LogP contribution in [0.1, 0.15) is 6.92 Å². The van der Waals surface area contributed by atoms with Crippen LogP contribution >= 0.6 is 24.8 Å². The van der Waals surface area contributed by atoms with Crippen molar-refractivity contribution < 1.29 is 4.79 Å². The molecule has 1 saturated heterocycles. The molecule has 2 N–H and O–H groups in total. The molecule has 2 heterocycles. The Kier molecular flexibility index (Phi) is 7.66. The minimum Gasteiger partial charge on any atom is -0.338 e. The number of aromatic nitrogens is 2. The van der Waals surface area contributed by atoms with Crippen LogP contribution in [-0.2, 0) is 4.79 Å². The van der Waals surface area contributed by atoms with E-state index in [1.54, 1.807) is 30.3 Å². The number of rotatable bonds is 2. The Morgan fingerprint density at radius 3 is 2.21 bits per heavy atom. The van der Waals surface area contributed by atoms with E-state index in [9.17, 15) is 4.79 Å². The van der Waals surface area contributed by atoms with Gasteiger partial charge in [-0.1, -0.05) is 0 Å². The summed E-state index contributed by atoms with van der Waals surface area (Å²) in [6.45, 7) is 4.58. The standard InChI is InChI=1S/C11H17N5O.2ClH/c1-9(12)10(17)15-5-7-16(8-6-15)11-13-3-2-4-14-11;;/h2-4,9H,5-8,12H2,1H3;2*1H/t9-;;/m1../s1. The molecule has 1 fully saturated rings. The van der Waals surface area contributed by atoms with Crippen molar-refractivity contribution in [2.45, 2.75) is 13.0 Å². The van der Waals surface area contributed by atoms with Gasteiger partial charge in [-0.2, -0.15) is 0 Å². The largest absolute Gasteiger partial charge is 0.338 e. The number of amides is 1. The first-order valence-electron chi connectivity index (χ1n) is 5.75. The van der Waals surface area contributed by atoms with E-state index < -0.39 is 6.04 Å². The summed E-state index contributed by atoms with van der Waals surface area (Å²) in [4.78, 5) is 24.0. The van der Waals surface area contributed by atoms with Crippen LogP contribution < -0.4 is 10.6 Å². The summed E-state index contributed by atoms with van der Waals surface area (Å²) >= 11 is 0. The first kappa shape index (κ1) is 17.9. The first-order chi connectivity index (χ1) is 8.18. The second-order valence-corrected chi connectivity index (χ2v) is 4.15. The number of nitrogens with two attached hydrogens (primary N) is 1. The Bertz CT molecular complexity index is 382. The van der Waals surface area contributed by atoms with Crippen molar-refractivity contribution in [3.63, 3.8) is 0 Å². The number of halogens is 2. The van der Waals surface area contributed by atoms with Gasteiger partial charge >= 0.3 is 0 Å². The Morgan fingerprint density at radius 2 is 1.74 bits per heavy atom. The summed E-state index contributed by atoms with van der Waals surface area (Å²) in [6.07, 6.45) is 3.45. The van der Waals surface area contributed by atoms with Crippen LogP contribution in [0.15, 0.2) is 18.5 Å². The molecule has 1 aromatic heterocycles. The quantitative estimate of drug-likeness (QED) is 0.851. The lowest BCUT2D eigenvalue weighted by molar-refractivity contribution is -0.132. The molecule has 1 atom stereocenters. The first-order valence-corrected chi connectivity index (χ1v) is 5.75. The van der Waals surface area contributed by atoms with Gasteiger partial charge in [0.2, 0.25) is 11.9 Å². The minimum atomic E-state index is -0.422. The van der Waals surface area contributed by atoms with E-state index in [1.165, 1.54) is 0 Å². The van der Waals surface area contributed by atoms with Gasteiger partial charge in [-0.15, -0.1) is 24.8 Å². The highest BCUT2D eigenvalue weighted by Gasteiger charge is 2.23. The maximum atomic E-state index is 11.7. The highest BCUT2D eigenvalue weighted by Crippen LogP contribution is 2.09. The van der Waals surface area contributed by atoms with Crippen molar-refractivity contribution in [1.82, 2.24) is 14.9 Å². The highest BCUT2D eigenvalue weighted by molar-refractivity contribution is 5.85. The number of carbonyl (C=O) groups is 1. The molecule has 0 spiro atoms. The number of piperazine rings is 1. The lowest BCUT2D eigenvalue weighted by Gasteiger charge is -2.35. The third-order valence-corrected chi connectivity index (χ3v) is 2.82. The van der Waals surface area contributed by atoms with Gasteiger partial charge in [0.25, 0.3) is 0 Å². The fraction of sp³-hybridized carbons (Fsp3) is 0.545. The molecule has 2 rings (SSSR count). The van der Waals surface area contributed by atoms with E-state index in [4.69, 9.17) is 5.73 Å². The third-order valence-electron chi connectivity index (χ3n) is 2.82. The minimum absolute atomic E-state index is 0. The highest BCUT2D eigenvalue weighted by atomic mass is 35.5. The molecule has 0 aromatic carbocycles. The van der Waals surface area contributed by atoms with Gasteiger partial charge in [-0.05, 0) is 13.0 Å². The third kappa shape index (κ3) is 4.49. The molecule has 0 unspecified atom stereocenters. The molecule has 1 amide bonds. The van der Waals surface area contributed by atoms with Crippen LogP contribution in [0.2, 0.25) is 0 Å². The van der Waals surface area contributed by atoms with Crippen LogP contribution in [0.5, 0.6) is 0 Å². The molecule has 1 aliphatic rings. The number of carbonyl (C=O) groups excluding carboxylic acids is 1. The second kappa shape index (κ2) is 8.14. The second-order valence-electron chi connectivity index (χ2n) is 4.15. The Labute approximate surface area is 125 Å². The zero-order valence-electron chi connectivity index (χ0n) is 10.7. The average Bonchev–Trinajstić information content (AvgIpc) is 2.39. The summed E-state index contributed by atoms with van der Waals surface area (Å²) in [5.74, 6) is 0.735. The predicted octanol–water partition coefficient (Wildman–Crippen LogP) is 0.316. The molecule has 8 heteroatoms. The van der Waals surface area contributed by atoms with Crippen molar-refractivity contribution in [2.75, 3.05) is 31.1 Å². The summed E-state index contributed by atoms with van der Waals surface area (Å²) in [5.41, 5.74) is 5.58. The number of nitrogens with zero attached hydrogens (tertiary/aromatic N) is 4. The molecule has 0 saturated carbocycles. The van der Waals surface area contributed by atoms with Gasteiger partial charge in [0.05, 0.1) is 6.04 Å². The van der Waals surface area contributed by atoms with Crippen molar-refractivity contribution in [3.05, 3.63) is 18.5 Å². The smallest absolute Gasteiger partial charge is 0.239 e. The number of hydrogen-bond acceptors (Lipinski definition) is 5. The lowest BCUT2D eigenvalue weighted by Crippen LogP contribution is -2.52. The molecular formula is C11H19Cl2N5O. The molecule has 108 valence electrons. The van der Waals surface area contributed by atoms with Crippen molar-refractivity contribution in [3.8, 4) is 0 Å². The molecule has 1 aromatic rings. The van der Waals surface area contributed by atoms with E-state index in [0.717, 1.165) is 19.0 Å². The lowest BCUT2D eigenvalue weighted by atomic mass is 10.2. The predicted molar refractivity (Wildman–Crippen MR) is 79.0 cm³/mol. The maximum Gasteiger partial charge on any atom is 0.239 e. The summed E-state index contributed by atoms with van der Waals surface area (Å²) in [7, 11) is 0. The van der Waals surface area contributed by atoms with Crippen LogP contribution in [0, 0.1) is 0 Å². The number of hydrogen-bond donors (Lipinski definition) is 1. The van der Waals surface area contributed by atoms with E-state index in [-0.39, 0.29) is 30.7 Å². The fourth-order valence-electron chi connectivity index (χ4n) is 1.87. The van der Waals surface area contributed by atoms with Crippen molar-refractivity contribution in [2.24, 2.45) is 5.73 Å². The summed E-state index contributed by atoms with van der Waals surface area (Å²) in [6, 6.07) is 1.37. The monoisotopic (exact) mass is 307 g/mol. The Hall–Kier alpha value is -1.11. The Morgan fingerprint density at radius 1 is 1.21 bits per heavy atom. The van der Waals surface area contributed by atoms with Gasteiger partial charge in [0.1, 0.15) is 0 Å². The van der Waals surface area contributed by atoms with Gasteiger partial charge in [-0.3, -0.25) is 4.79 Å². The molecule has 0 aliphatic carbocycles. The molecular weight excluding hydrogens is 289 g/mol. The SMILES string of the molecule is C[C@@H](N)C(=O)N1CCN(c2ncccn2)CC1.Cl.Cl. The van der Waals surface area contributed by atoms with Crippen LogP contribution in [0.3, 0.4) is 0 Å². The normalized spacial score (nSPS) is 16.1. The zero-order chi connectivity index (χ0) is 12.3. The van der Waals surface area contributed by atoms with E-state index in [1.807, 2.05) is 0 Å².